The quantitative estimate of drug-likeness (QED) is 0.318. The minimum absolute atomic E-state index is 0.119. The fourth-order valence-electron chi connectivity index (χ4n) is 2.05. The molecule has 2 aromatic rings. The second kappa shape index (κ2) is 4.37. The van der Waals surface area contributed by atoms with Crippen molar-refractivity contribution >= 4 is 13.3 Å². The number of benzene rings is 2. The average Bonchev–Trinajstić information content (AvgIpc) is 2.35. The van der Waals surface area contributed by atoms with Gasteiger partial charge in [0.25, 0.3) is 0 Å². The summed E-state index contributed by atoms with van der Waals surface area (Å²) in [6.07, 6.45) is 0.915. The molecule has 0 aliphatic carbocycles. The molecule has 0 bridgehead atoms. The Balaban J connectivity index is 2.04. The van der Waals surface area contributed by atoms with Crippen molar-refractivity contribution < 1.29 is 25.9 Å². The Morgan fingerprint density at radius 1 is 1.06 bits per heavy atom. The second-order valence-electron chi connectivity index (χ2n) is 4.09. The normalized spacial score (nSPS) is 12.8. The van der Waals surface area contributed by atoms with E-state index < -0.39 is 0 Å². The molecular weight excluding hydrogens is 322 g/mol. The van der Waals surface area contributed by atoms with Crippen molar-refractivity contribution in [1.29, 1.82) is 0 Å². The molecule has 1 aliphatic heterocycles. The van der Waals surface area contributed by atoms with Gasteiger partial charge in [-0.25, -0.2) is 0 Å². The van der Waals surface area contributed by atoms with Gasteiger partial charge in [-0.15, -0.1) is 0 Å². The molecule has 17 heavy (non-hydrogen) atoms. The van der Waals surface area contributed by atoms with Gasteiger partial charge in [-0.1, -0.05) is 0 Å². The van der Waals surface area contributed by atoms with Crippen molar-refractivity contribution in [3.8, 4) is 11.5 Å². The van der Waals surface area contributed by atoms with Crippen molar-refractivity contribution in [2.75, 3.05) is 4.93 Å². The summed E-state index contributed by atoms with van der Waals surface area (Å²) >= 11 is 0.119. The van der Waals surface area contributed by atoms with Crippen molar-refractivity contribution in [2.24, 2.45) is 0 Å². The maximum atomic E-state index is 5.94. The van der Waals surface area contributed by atoms with Crippen LogP contribution in [0.15, 0.2) is 36.4 Å². The van der Waals surface area contributed by atoms with Crippen molar-refractivity contribution in [1.82, 2.24) is 0 Å². The first-order valence-electron chi connectivity index (χ1n) is 5.45. The van der Waals surface area contributed by atoms with E-state index in [2.05, 4.69) is 23.1 Å². The summed E-state index contributed by atoms with van der Waals surface area (Å²) in [5, 5.41) is 0. The summed E-state index contributed by atoms with van der Waals surface area (Å²) in [6.45, 7) is 0. The number of fused-ring (bicyclic) bond motifs is 2. The molecule has 2 aromatic carbocycles. The molecule has 1 nitrogen and oxygen atoms in total. The van der Waals surface area contributed by atoms with Gasteiger partial charge in [0.05, 0.1) is 0 Å². The van der Waals surface area contributed by atoms with E-state index in [9.17, 15) is 0 Å². The zero-order chi connectivity index (χ0) is 11.8. The van der Waals surface area contributed by atoms with Crippen molar-refractivity contribution in [3.05, 3.63) is 51.1 Å². The third-order valence-electron chi connectivity index (χ3n) is 2.93. The van der Waals surface area contributed by atoms with Crippen LogP contribution in [0.3, 0.4) is 0 Å². The third-order valence-corrected chi connectivity index (χ3v) is 4.85. The molecular formula is C14H11BIO-. The zero-order valence-electron chi connectivity index (χ0n) is 9.53. The van der Waals surface area contributed by atoms with Crippen LogP contribution in [0.25, 0.3) is 0 Å². The van der Waals surface area contributed by atoms with Crippen molar-refractivity contribution in [3.63, 3.8) is 0 Å². The number of hydrogen-bond donors (Lipinski definition) is 0. The number of alkyl halides is 1. The third kappa shape index (κ3) is 2.08. The van der Waals surface area contributed by atoms with E-state index in [1.54, 1.807) is 0 Å². The molecule has 0 fully saturated rings. The average molecular weight is 333 g/mol. The van der Waals surface area contributed by atoms with E-state index in [1.165, 1.54) is 14.7 Å². The Hall–Kier alpha value is -0.965. The topological polar surface area (TPSA) is 9.23 Å². The zero-order valence-corrected chi connectivity index (χ0v) is 11.7. The van der Waals surface area contributed by atoms with Crippen LogP contribution in [0.5, 0.6) is 11.5 Å². The number of halogens is 1. The Kier molecular flexibility index (Phi) is 2.86. The van der Waals surface area contributed by atoms with Gasteiger partial charge < -0.3 is 0 Å². The SMILES string of the molecule is [B]c1ccc2c(c1)Cc1ccc([I-]C)cc1O2. The van der Waals surface area contributed by atoms with Gasteiger partial charge in [0, 0.05) is 0 Å². The molecule has 1 aliphatic rings. The van der Waals surface area contributed by atoms with E-state index in [0.717, 1.165) is 23.4 Å². The Labute approximate surface area is 113 Å². The van der Waals surface area contributed by atoms with E-state index in [0.29, 0.717) is 0 Å². The second-order valence-corrected chi connectivity index (χ2v) is 6.41. The molecule has 0 amide bonds. The molecule has 0 atom stereocenters. The molecule has 0 aromatic heterocycles. The van der Waals surface area contributed by atoms with E-state index in [1.807, 2.05) is 18.2 Å². The van der Waals surface area contributed by atoms with Crippen LogP contribution in [-0.4, -0.2) is 12.8 Å². The summed E-state index contributed by atoms with van der Waals surface area (Å²) in [6, 6.07) is 12.4. The number of rotatable bonds is 1. The van der Waals surface area contributed by atoms with Crippen LogP contribution < -0.4 is 31.4 Å². The molecule has 84 valence electrons. The Bertz CT molecular complexity index is 580. The first-order chi connectivity index (χ1) is 8.26. The molecule has 0 spiro atoms. The van der Waals surface area contributed by atoms with Crippen molar-refractivity contribution in [2.45, 2.75) is 6.42 Å². The Morgan fingerprint density at radius 3 is 2.76 bits per heavy atom. The number of ether oxygens (including phenoxy) is 1. The van der Waals surface area contributed by atoms with Gasteiger partial charge in [-0.2, -0.15) is 0 Å². The fraction of sp³-hybridized carbons (Fsp3) is 0.143. The molecule has 2 radical (unpaired) electrons. The summed E-state index contributed by atoms with van der Waals surface area (Å²) in [4.78, 5) is 2.26. The van der Waals surface area contributed by atoms with Gasteiger partial charge in [-0.05, 0) is 0 Å². The van der Waals surface area contributed by atoms with E-state index in [4.69, 9.17) is 12.6 Å². The summed E-state index contributed by atoms with van der Waals surface area (Å²) in [5.41, 5.74) is 3.23. The first-order valence-corrected chi connectivity index (χ1v) is 8.68. The van der Waals surface area contributed by atoms with E-state index in [-0.39, 0.29) is 21.2 Å². The van der Waals surface area contributed by atoms with Crippen LogP contribution in [0.4, 0.5) is 0 Å². The first kappa shape index (κ1) is 11.1. The summed E-state index contributed by atoms with van der Waals surface area (Å²) in [5.74, 6) is 1.96. The maximum absolute atomic E-state index is 5.94. The summed E-state index contributed by atoms with van der Waals surface area (Å²) < 4.78 is 7.35. The minimum atomic E-state index is 0.119. The van der Waals surface area contributed by atoms with E-state index >= 15 is 0 Å². The van der Waals surface area contributed by atoms with Gasteiger partial charge in [0.2, 0.25) is 0 Å². The van der Waals surface area contributed by atoms with Crippen LogP contribution in [0.1, 0.15) is 11.1 Å². The molecule has 0 saturated carbocycles. The molecule has 3 rings (SSSR count). The number of hydrogen-bond acceptors (Lipinski definition) is 1. The van der Waals surface area contributed by atoms with Gasteiger partial charge in [-0.3, -0.25) is 0 Å². The Morgan fingerprint density at radius 2 is 1.94 bits per heavy atom. The predicted molar refractivity (Wildman–Crippen MR) is 65.8 cm³/mol. The molecule has 0 saturated heterocycles. The van der Waals surface area contributed by atoms with Crippen LogP contribution >= 0.6 is 0 Å². The summed E-state index contributed by atoms with van der Waals surface area (Å²) in [7, 11) is 5.80. The standard InChI is InChI=1S/C14H11BIO/c1-16-12-4-2-9-6-10-7-11(15)3-5-13(10)17-14(9)8-12/h2-5,7-8H,6H2,1H3/q-1. The van der Waals surface area contributed by atoms with Gasteiger partial charge in [0.1, 0.15) is 0 Å². The predicted octanol–water partition coefficient (Wildman–Crippen LogP) is -0.935. The molecule has 0 unspecified atom stereocenters. The van der Waals surface area contributed by atoms with Crippen LogP contribution in [-0.2, 0) is 6.42 Å². The van der Waals surface area contributed by atoms with Gasteiger partial charge in [0.15, 0.2) is 0 Å². The van der Waals surface area contributed by atoms with Crippen LogP contribution in [0, 0.1) is 3.57 Å². The van der Waals surface area contributed by atoms with Crippen LogP contribution in [0.2, 0.25) is 0 Å². The monoisotopic (exact) mass is 333 g/mol. The molecule has 0 N–H and O–H groups in total. The van der Waals surface area contributed by atoms with Gasteiger partial charge >= 0.3 is 113 Å². The fourth-order valence-corrected chi connectivity index (χ4v) is 3.18. The molecule has 1 heterocycles. The molecule has 3 heteroatoms.